The fourth-order valence-corrected chi connectivity index (χ4v) is 5.66. The van der Waals surface area contributed by atoms with Gasteiger partial charge in [0, 0.05) is 12.2 Å². The van der Waals surface area contributed by atoms with Crippen LogP contribution >= 0.6 is 0 Å². The molecule has 0 saturated heterocycles. The van der Waals surface area contributed by atoms with Crippen LogP contribution in [0.25, 0.3) is 0 Å². The number of amides is 2. The van der Waals surface area contributed by atoms with Crippen molar-refractivity contribution in [2.45, 2.75) is 23.6 Å². The van der Waals surface area contributed by atoms with Crippen LogP contribution in [0.1, 0.15) is 11.1 Å². The monoisotopic (exact) mass is 639 g/mol. The maximum Gasteiger partial charge on any atom is 0.416 e. The largest absolute Gasteiger partial charge is 0.484 e. The molecule has 1 heterocycles. The number of rotatable bonds is 10. The third-order valence-electron chi connectivity index (χ3n) is 6.86. The Morgan fingerprint density at radius 2 is 1.62 bits per heavy atom. The number of anilines is 2. The van der Waals surface area contributed by atoms with E-state index in [-0.39, 0.29) is 28.8 Å². The number of nitrogens with zero attached hydrogens (tertiary/aromatic N) is 1. The fraction of sp³-hybridized carbons (Fsp3) is 0.188. The number of sulfonamides is 1. The van der Waals surface area contributed by atoms with Gasteiger partial charge in [-0.25, -0.2) is 8.42 Å². The summed E-state index contributed by atoms with van der Waals surface area (Å²) in [6.07, 6.45) is -4.95. The lowest BCUT2D eigenvalue weighted by Crippen LogP contribution is -2.52. The molecular weight excluding hydrogens is 611 g/mol. The normalized spacial score (nSPS) is 14.6. The van der Waals surface area contributed by atoms with Crippen molar-refractivity contribution in [3.8, 4) is 11.5 Å². The van der Waals surface area contributed by atoms with Gasteiger partial charge in [0.2, 0.25) is 0 Å². The highest BCUT2D eigenvalue weighted by Gasteiger charge is 2.34. The van der Waals surface area contributed by atoms with Gasteiger partial charge in [-0.05, 0) is 66.6 Å². The van der Waals surface area contributed by atoms with Crippen molar-refractivity contribution in [1.82, 2.24) is 5.32 Å². The summed E-state index contributed by atoms with van der Waals surface area (Å²) in [5.74, 6) is -0.285. The summed E-state index contributed by atoms with van der Waals surface area (Å²) in [6.45, 7) is -0.0807. The Balaban J connectivity index is 1.20. The zero-order chi connectivity index (χ0) is 32.0. The Kier molecular flexibility index (Phi) is 9.28. The number of halogens is 3. The third-order valence-corrected chi connectivity index (χ3v) is 8.26. The van der Waals surface area contributed by atoms with Crippen LogP contribution in [-0.2, 0) is 32.2 Å². The lowest BCUT2D eigenvalue weighted by atomic mass is 10.1. The van der Waals surface area contributed by atoms with Gasteiger partial charge in [0.1, 0.15) is 11.5 Å². The van der Waals surface area contributed by atoms with Crippen LogP contribution in [0.4, 0.5) is 24.5 Å². The maximum atomic E-state index is 13.3. The number of para-hydroxylation sites is 2. The summed E-state index contributed by atoms with van der Waals surface area (Å²) < 4.78 is 78.1. The molecule has 2 amide bonds. The lowest BCUT2D eigenvalue weighted by Gasteiger charge is -2.34. The zero-order valence-electron chi connectivity index (χ0n) is 23.7. The molecule has 1 unspecified atom stereocenters. The van der Waals surface area contributed by atoms with E-state index in [4.69, 9.17) is 9.47 Å². The van der Waals surface area contributed by atoms with Gasteiger partial charge >= 0.3 is 6.18 Å². The number of carbonyl (C=O) groups is 2. The minimum Gasteiger partial charge on any atom is -0.484 e. The highest BCUT2D eigenvalue weighted by Crippen LogP contribution is 2.34. The SMILES string of the molecule is O=C(NCCc1ccccc1)C1CN(C(=O)COc2ccc(S(=O)(=O)Nc3cccc(C(F)(F)F)c3)cc2)c2ccccc2O1. The molecule has 0 spiro atoms. The van der Waals surface area contributed by atoms with E-state index in [0.717, 1.165) is 17.7 Å². The van der Waals surface area contributed by atoms with E-state index >= 15 is 0 Å². The molecule has 2 N–H and O–H groups in total. The standard InChI is InChI=1S/C32H28F3N3O6S/c33-32(34,35)23-9-6-10-24(19-23)37-45(41,42)26-15-13-25(14-16-26)43-21-30(39)38-20-29(44-28-12-5-4-11-27(28)38)31(40)36-18-17-22-7-2-1-3-8-22/h1-16,19,29,37H,17-18,20-21H2,(H,36,40). The second-order valence-electron chi connectivity index (χ2n) is 10.0. The van der Waals surface area contributed by atoms with Crippen LogP contribution in [0.15, 0.2) is 108 Å². The lowest BCUT2D eigenvalue weighted by molar-refractivity contribution is -0.137. The van der Waals surface area contributed by atoms with E-state index in [1.165, 1.54) is 35.2 Å². The van der Waals surface area contributed by atoms with Crippen LogP contribution in [-0.4, -0.2) is 46.0 Å². The summed E-state index contributed by atoms with van der Waals surface area (Å²) in [7, 11) is -4.21. The van der Waals surface area contributed by atoms with E-state index in [2.05, 4.69) is 10.0 Å². The molecule has 45 heavy (non-hydrogen) atoms. The van der Waals surface area contributed by atoms with Crippen molar-refractivity contribution in [2.75, 3.05) is 29.3 Å². The minimum absolute atomic E-state index is 0.0469. The molecule has 4 aromatic rings. The molecule has 0 aromatic heterocycles. The van der Waals surface area contributed by atoms with Gasteiger partial charge in [-0.1, -0.05) is 48.5 Å². The Morgan fingerprint density at radius 3 is 2.36 bits per heavy atom. The molecule has 13 heteroatoms. The van der Waals surface area contributed by atoms with E-state index < -0.39 is 40.4 Å². The van der Waals surface area contributed by atoms with Crippen LogP contribution in [0.3, 0.4) is 0 Å². The molecule has 0 bridgehead atoms. The first-order valence-corrected chi connectivity index (χ1v) is 15.3. The molecule has 0 fully saturated rings. The van der Waals surface area contributed by atoms with Gasteiger partial charge in [0.05, 0.1) is 22.7 Å². The quantitative estimate of drug-likeness (QED) is 0.252. The number of hydrogen-bond acceptors (Lipinski definition) is 6. The Labute approximate surface area is 257 Å². The summed E-state index contributed by atoms with van der Waals surface area (Å²) in [4.78, 5) is 27.4. The first-order chi connectivity index (χ1) is 21.5. The molecule has 9 nitrogen and oxygen atoms in total. The summed E-state index contributed by atoms with van der Waals surface area (Å²) in [6, 6.07) is 25.4. The van der Waals surface area contributed by atoms with Crippen molar-refractivity contribution in [3.05, 3.63) is 114 Å². The highest BCUT2D eigenvalue weighted by molar-refractivity contribution is 7.92. The first kappa shape index (κ1) is 31.4. The molecule has 4 aromatic carbocycles. The molecule has 5 rings (SSSR count). The van der Waals surface area contributed by atoms with Gasteiger partial charge in [-0.2, -0.15) is 13.2 Å². The topological polar surface area (TPSA) is 114 Å². The van der Waals surface area contributed by atoms with Crippen LogP contribution in [0.5, 0.6) is 11.5 Å². The average Bonchev–Trinajstić information content (AvgIpc) is 3.03. The maximum absolute atomic E-state index is 13.3. The Hall–Kier alpha value is -5.04. The van der Waals surface area contributed by atoms with E-state index in [9.17, 15) is 31.2 Å². The molecular formula is C32H28F3N3O6S. The number of hydrogen-bond donors (Lipinski definition) is 2. The zero-order valence-corrected chi connectivity index (χ0v) is 24.5. The molecule has 1 aliphatic rings. The van der Waals surface area contributed by atoms with Crippen LogP contribution < -0.4 is 24.4 Å². The van der Waals surface area contributed by atoms with E-state index in [0.29, 0.717) is 30.5 Å². The van der Waals surface area contributed by atoms with Crippen molar-refractivity contribution < 1.29 is 40.7 Å². The second-order valence-corrected chi connectivity index (χ2v) is 11.7. The molecule has 234 valence electrons. The smallest absolute Gasteiger partial charge is 0.416 e. The number of nitrogens with one attached hydrogen (secondary N) is 2. The summed E-state index contributed by atoms with van der Waals surface area (Å²) in [5.41, 5.74) is 0.305. The fourth-order valence-electron chi connectivity index (χ4n) is 4.61. The Bertz CT molecular complexity index is 1770. The molecule has 0 aliphatic carbocycles. The summed E-state index contributed by atoms with van der Waals surface area (Å²) >= 11 is 0. The van der Waals surface area contributed by atoms with Gasteiger partial charge in [-0.15, -0.1) is 0 Å². The number of alkyl halides is 3. The molecule has 1 atom stereocenters. The third kappa shape index (κ3) is 7.92. The second kappa shape index (κ2) is 13.3. The molecule has 0 saturated carbocycles. The van der Waals surface area contributed by atoms with Crippen molar-refractivity contribution in [2.24, 2.45) is 0 Å². The van der Waals surface area contributed by atoms with Crippen LogP contribution in [0.2, 0.25) is 0 Å². The van der Waals surface area contributed by atoms with Crippen LogP contribution in [0, 0.1) is 0 Å². The van der Waals surface area contributed by atoms with Gasteiger partial charge < -0.3 is 19.7 Å². The number of carbonyl (C=O) groups excluding carboxylic acids is 2. The number of benzene rings is 4. The highest BCUT2D eigenvalue weighted by atomic mass is 32.2. The van der Waals surface area contributed by atoms with E-state index in [1.807, 2.05) is 30.3 Å². The minimum atomic E-state index is -4.63. The van der Waals surface area contributed by atoms with Gasteiger partial charge in [-0.3, -0.25) is 14.3 Å². The average molecular weight is 640 g/mol. The summed E-state index contributed by atoms with van der Waals surface area (Å²) in [5, 5.41) is 2.85. The predicted molar refractivity (Wildman–Crippen MR) is 161 cm³/mol. The molecule has 0 radical (unpaired) electrons. The van der Waals surface area contributed by atoms with Gasteiger partial charge in [0.15, 0.2) is 12.7 Å². The van der Waals surface area contributed by atoms with Crippen molar-refractivity contribution >= 4 is 33.2 Å². The van der Waals surface area contributed by atoms with Crippen molar-refractivity contribution in [1.29, 1.82) is 0 Å². The number of fused-ring (bicyclic) bond motifs is 1. The predicted octanol–water partition coefficient (Wildman–Crippen LogP) is 5.04. The molecule has 1 aliphatic heterocycles. The van der Waals surface area contributed by atoms with Gasteiger partial charge in [0.25, 0.3) is 21.8 Å². The first-order valence-electron chi connectivity index (χ1n) is 13.8. The van der Waals surface area contributed by atoms with E-state index in [1.54, 1.807) is 24.3 Å². The number of ether oxygens (including phenoxy) is 2. The Morgan fingerprint density at radius 1 is 0.911 bits per heavy atom. The van der Waals surface area contributed by atoms with Crippen molar-refractivity contribution in [3.63, 3.8) is 0 Å².